The zero-order chi connectivity index (χ0) is 19.3. The molecule has 2 aliphatic rings. The van der Waals surface area contributed by atoms with Gasteiger partial charge in [-0.3, -0.25) is 9.69 Å². The lowest BCUT2D eigenvalue weighted by atomic mass is 10.0. The van der Waals surface area contributed by atoms with Crippen LogP contribution in [0.15, 0.2) is 42.6 Å². The van der Waals surface area contributed by atoms with Crippen molar-refractivity contribution in [3.8, 4) is 0 Å². The van der Waals surface area contributed by atoms with Gasteiger partial charge in [0.1, 0.15) is 0 Å². The van der Waals surface area contributed by atoms with Crippen molar-refractivity contribution in [3.05, 3.63) is 59.4 Å². The van der Waals surface area contributed by atoms with E-state index in [9.17, 15) is 4.79 Å². The number of likely N-dealkylation sites (tertiary alicyclic amines) is 2. The second kappa shape index (κ2) is 8.95. The molecule has 4 heteroatoms. The summed E-state index contributed by atoms with van der Waals surface area (Å²) in [6, 6.07) is 12.8. The third-order valence-electron chi connectivity index (χ3n) is 6.39. The third kappa shape index (κ3) is 4.33. The summed E-state index contributed by atoms with van der Waals surface area (Å²) in [6.07, 6.45) is 10.6. The van der Waals surface area contributed by atoms with Gasteiger partial charge in [0.05, 0.1) is 6.04 Å². The highest BCUT2D eigenvalue weighted by atomic mass is 16.2. The van der Waals surface area contributed by atoms with Crippen LogP contribution in [0.5, 0.6) is 0 Å². The Morgan fingerprint density at radius 1 is 0.929 bits per heavy atom. The molecule has 0 unspecified atom stereocenters. The minimum Gasteiger partial charge on any atom is -0.353 e. The monoisotopic (exact) mass is 379 g/mol. The minimum absolute atomic E-state index is 0.178. The van der Waals surface area contributed by atoms with E-state index < -0.39 is 0 Å². The highest BCUT2D eigenvalue weighted by molar-refractivity contribution is 5.94. The highest BCUT2D eigenvalue weighted by Crippen LogP contribution is 2.31. The van der Waals surface area contributed by atoms with Crippen molar-refractivity contribution in [2.45, 2.75) is 57.5 Å². The number of benzene rings is 1. The van der Waals surface area contributed by atoms with E-state index in [4.69, 9.17) is 0 Å². The fourth-order valence-corrected chi connectivity index (χ4v) is 4.77. The van der Waals surface area contributed by atoms with Gasteiger partial charge in [0.15, 0.2) is 0 Å². The van der Waals surface area contributed by atoms with Gasteiger partial charge < -0.3 is 9.47 Å². The molecule has 3 heterocycles. The molecule has 0 bridgehead atoms. The molecule has 28 heavy (non-hydrogen) atoms. The van der Waals surface area contributed by atoms with E-state index >= 15 is 0 Å². The molecule has 1 amide bonds. The predicted molar refractivity (Wildman–Crippen MR) is 113 cm³/mol. The van der Waals surface area contributed by atoms with Crippen molar-refractivity contribution in [2.24, 2.45) is 7.05 Å². The molecule has 2 fully saturated rings. The maximum absolute atomic E-state index is 13.4. The van der Waals surface area contributed by atoms with Crippen LogP contribution in [0.2, 0.25) is 0 Å². The van der Waals surface area contributed by atoms with Gasteiger partial charge in [-0.25, -0.2) is 0 Å². The van der Waals surface area contributed by atoms with E-state index in [1.807, 2.05) is 12.1 Å². The number of rotatable bonds is 4. The number of amides is 1. The molecule has 0 N–H and O–H groups in total. The molecular weight excluding hydrogens is 346 g/mol. The molecule has 2 saturated heterocycles. The zero-order valence-electron chi connectivity index (χ0n) is 17.1. The summed E-state index contributed by atoms with van der Waals surface area (Å²) in [5, 5.41) is 0. The smallest absolute Gasteiger partial charge is 0.254 e. The van der Waals surface area contributed by atoms with Crippen molar-refractivity contribution in [1.29, 1.82) is 0 Å². The summed E-state index contributed by atoms with van der Waals surface area (Å²) >= 11 is 0. The van der Waals surface area contributed by atoms with E-state index in [1.165, 1.54) is 56.5 Å². The molecule has 2 aliphatic heterocycles. The first-order valence-corrected chi connectivity index (χ1v) is 11.0. The summed E-state index contributed by atoms with van der Waals surface area (Å²) in [6.45, 7) is 4.26. The SMILES string of the molecule is Cn1cccc1[C@H]1CCCCCN1C(=O)c1ccc(CN2CCCCC2)cc1. The second-order valence-electron chi connectivity index (χ2n) is 8.44. The Morgan fingerprint density at radius 3 is 2.36 bits per heavy atom. The summed E-state index contributed by atoms with van der Waals surface area (Å²) in [4.78, 5) is 18.0. The number of aryl methyl sites for hydroxylation is 1. The molecule has 0 spiro atoms. The van der Waals surface area contributed by atoms with E-state index in [0.717, 1.165) is 31.5 Å². The van der Waals surface area contributed by atoms with Crippen molar-refractivity contribution in [3.63, 3.8) is 0 Å². The van der Waals surface area contributed by atoms with Gasteiger partial charge in [-0.2, -0.15) is 0 Å². The molecule has 4 nitrogen and oxygen atoms in total. The van der Waals surface area contributed by atoms with Crippen LogP contribution >= 0.6 is 0 Å². The Hall–Kier alpha value is -2.07. The van der Waals surface area contributed by atoms with E-state index in [1.54, 1.807) is 0 Å². The van der Waals surface area contributed by atoms with Crippen molar-refractivity contribution in [1.82, 2.24) is 14.4 Å². The summed E-state index contributed by atoms with van der Waals surface area (Å²) in [7, 11) is 2.08. The summed E-state index contributed by atoms with van der Waals surface area (Å²) < 4.78 is 2.16. The van der Waals surface area contributed by atoms with Crippen LogP contribution in [0.4, 0.5) is 0 Å². The lowest BCUT2D eigenvalue weighted by molar-refractivity contribution is 0.0674. The molecule has 0 aliphatic carbocycles. The second-order valence-corrected chi connectivity index (χ2v) is 8.44. The lowest BCUT2D eigenvalue weighted by Gasteiger charge is -2.31. The highest BCUT2D eigenvalue weighted by Gasteiger charge is 2.28. The number of hydrogen-bond acceptors (Lipinski definition) is 2. The van der Waals surface area contributed by atoms with Crippen LogP contribution in [0, 0.1) is 0 Å². The average molecular weight is 380 g/mol. The van der Waals surface area contributed by atoms with Crippen LogP contribution in [0.1, 0.15) is 72.6 Å². The minimum atomic E-state index is 0.178. The van der Waals surface area contributed by atoms with Crippen LogP contribution in [-0.4, -0.2) is 39.9 Å². The Kier molecular flexibility index (Phi) is 6.16. The van der Waals surface area contributed by atoms with Gasteiger partial charge in [-0.15, -0.1) is 0 Å². The van der Waals surface area contributed by atoms with Gasteiger partial charge in [-0.1, -0.05) is 31.4 Å². The summed E-state index contributed by atoms with van der Waals surface area (Å²) in [5.41, 5.74) is 3.38. The van der Waals surface area contributed by atoms with Crippen LogP contribution in [-0.2, 0) is 13.6 Å². The van der Waals surface area contributed by atoms with Gasteiger partial charge in [0.25, 0.3) is 5.91 Å². The molecule has 150 valence electrons. The summed E-state index contributed by atoms with van der Waals surface area (Å²) in [5.74, 6) is 0.178. The normalized spacial score (nSPS) is 21.5. The number of carbonyl (C=O) groups excluding carboxylic acids is 1. The number of piperidine rings is 1. The lowest BCUT2D eigenvalue weighted by Crippen LogP contribution is -2.35. The Labute approximate surface area is 169 Å². The largest absolute Gasteiger partial charge is 0.353 e. The van der Waals surface area contributed by atoms with Gasteiger partial charge in [0, 0.05) is 37.6 Å². The molecule has 0 radical (unpaired) electrons. The maximum atomic E-state index is 13.4. The standard InChI is InChI=1S/C24H33N3O/c1-25-15-8-10-22(25)23-9-4-2-7-18-27(23)24(28)21-13-11-20(12-14-21)19-26-16-5-3-6-17-26/h8,10-15,23H,2-7,9,16-19H2,1H3/t23-/m1/s1. The molecule has 2 aromatic rings. The van der Waals surface area contributed by atoms with Crippen molar-refractivity contribution >= 4 is 5.91 Å². The van der Waals surface area contributed by atoms with Gasteiger partial charge in [-0.05, 0) is 68.6 Å². The van der Waals surface area contributed by atoms with Gasteiger partial charge in [0.2, 0.25) is 0 Å². The zero-order valence-corrected chi connectivity index (χ0v) is 17.1. The number of nitrogens with zero attached hydrogens (tertiary/aromatic N) is 3. The first-order chi connectivity index (χ1) is 13.7. The van der Waals surface area contributed by atoms with Gasteiger partial charge >= 0.3 is 0 Å². The van der Waals surface area contributed by atoms with E-state index in [0.29, 0.717) is 0 Å². The van der Waals surface area contributed by atoms with E-state index in [2.05, 4.69) is 51.9 Å². The first-order valence-electron chi connectivity index (χ1n) is 11.0. The fraction of sp³-hybridized carbons (Fsp3) is 0.542. The number of hydrogen-bond donors (Lipinski definition) is 0. The molecule has 0 saturated carbocycles. The maximum Gasteiger partial charge on any atom is 0.254 e. The third-order valence-corrected chi connectivity index (χ3v) is 6.39. The molecular formula is C24H33N3O. The van der Waals surface area contributed by atoms with Crippen molar-refractivity contribution in [2.75, 3.05) is 19.6 Å². The fourth-order valence-electron chi connectivity index (χ4n) is 4.77. The molecule has 1 aromatic carbocycles. The Morgan fingerprint density at radius 2 is 1.64 bits per heavy atom. The van der Waals surface area contributed by atoms with Crippen LogP contribution in [0.25, 0.3) is 0 Å². The van der Waals surface area contributed by atoms with Crippen molar-refractivity contribution < 1.29 is 4.79 Å². The average Bonchev–Trinajstić information content (AvgIpc) is 3.00. The van der Waals surface area contributed by atoms with E-state index in [-0.39, 0.29) is 11.9 Å². The topological polar surface area (TPSA) is 28.5 Å². The number of aromatic nitrogens is 1. The molecule has 1 aromatic heterocycles. The number of carbonyl (C=O) groups is 1. The Bertz CT molecular complexity index is 773. The first kappa shape index (κ1) is 19.3. The van der Waals surface area contributed by atoms with Crippen LogP contribution < -0.4 is 0 Å². The quantitative estimate of drug-likeness (QED) is 0.766. The molecule has 1 atom stereocenters. The molecule has 4 rings (SSSR count). The predicted octanol–water partition coefficient (Wildman–Crippen LogP) is 4.77. The van der Waals surface area contributed by atoms with Crippen LogP contribution in [0.3, 0.4) is 0 Å². The Balaban J connectivity index is 1.49.